The summed E-state index contributed by atoms with van der Waals surface area (Å²) in [7, 11) is 0. The number of nitro groups is 1. The second-order valence-electron chi connectivity index (χ2n) is 4.60. The molecule has 0 atom stereocenters. The number of rotatable bonds is 4. The molecule has 2 heterocycles. The molecule has 22 heavy (non-hydrogen) atoms. The molecule has 0 spiro atoms. The first kappa shape index (κ1) is 13.8. The first-order valence-corrected chi connectivity index (χ1v) is 6.34. The third kappa shape index (κ3) is 2.21. The molecular formula is C14H10N4O4. The lowest BCUT2D eigenvalue weighted by Crippen LogP contribution is -1.89. The van der Waals surface area contributed by atoms with Gasteiger partial charge in [-0.05, 0) is 28.9 Å². The number of pyridine rings is 1. The van der Waals surface area contributed by atoms with Crippen molar-refractivity contribution >= 4 is 17.2 Å². The van der Waals surface area contributed by atoms with E-state index in [1.807, 2.05) is 0 Å². The van der Waals surface area contributed by atoms with Crippen LogP contribution in [0.1, 0.15) is 5.56 Å². The van der Waals surface area contributed by atoms with Crippen molar-refractivity contribution in [1.29, 1.82) is 0 Å². The zero-order valence-corrected chi connectivity index (χ0v) is 11.2. The normalized spacial score (nSPS) is 10.8. The summed E-state index contributed by atoms with van der Waals surface area (Å²) in [5.74, 6) is 0.0825. The number of non-ortho nitro benzene ring substituents is 1. The topological polar surface area (TPSA) is 110 Å². The number of aliphatic hydroxyl groups is 1. The number of aliphatic hydroxyl groups excluding tert-OH is 1. The van der Waals surface area contributed by atoms with Gasteiger partial charge >= 0.3 is 0 Å². The molecule has 8 nitrogen and oxygen atoms in total. The van der Waals surface area contributed by atoms with Crippen LogP contribution in [-0.2, 0) is 6.61 Å². The van der Waals surface area contributed by atoms with Crippen LogP contribution in [0.15, 0.2) is 47.8 Å². The molecule has 0 aliphatic carbocycles. The van der Waals surface area contributed by atoms with Gasteiger partial charge in [-0.1, -0.05) is 6.07 Å². The predicted molar refractivity (Wildman–Crippen MR) is 78.7 cm³/mol. The van der Waals surface area contributed by atoms with Gasteiger partial charge in [-0.15, -0.1) is 4.91 Å². The monoisotopic (exact) mass is 298 g/mol. The van der Waals surface area contributed by atoms with Crippen molar-refractivity contribution in [2.24, 2.45) is 5.18 Å². The van der Waals surface area contributed by atoms with Crippen molar-refractivity contribution in [3.05, 3.63) is 63.2 Å². The smallest absolute Gasteiger partial charge is 0.269 e. The van der Waals surface area contributed by atoms with Crippen LogP contribution < -0.4 is 0 Å². The zero-order valence-electron chi connectivity index (χ0n) is 11.2. The highest BCUT2D eigenvalue weighted by molar-refractivity contribution is 5.75. The molecule has 0 saturated heterocycles. The molecule has 0 radical (unpaired) electrons. The Labute approximate surface area is 123 Å². The van der Waals surface area contributed by atoms with E-state index in [0.717, 1.165) is 0 Å². The van der Waals surface area contributed by atoms with E-state index in [0.29, 0.717) is 22.5 Å². The van der Waals surface area contributed by atoms with E-state index in [1.54, 1.807) is 18.3 Å². The number of hydrogen-bond acceptors (Lipinski definition) is 6. The quantitative estimate of drug-likeness (QED) is 0.452. The Bertz CT molecular complexity index is 870. The SMILES string of the molecule is O=Nc1c(-c2ccc([N+](=O)[O-])cc2)nc2ccc(CO)cn12. The van der Waals surface area contributed by atoms with Crippen molar-refractivity contribution in [3.8, 4) is 11.3 Å². The maximum absolute atomic E-state index is 11.2. The van der Waals surface area contributed by atoms with E-state index >= 15 is 0 Å². The highest BCUT2D eigenvalue weighted by Gasteiger charge is 2.16. The standard InChI is InChI=1S/C14H10N4O4/c19-8-9-1-6-12-15-13(14(16-20)17(12)7-9)10-2-4-11(5-3-10)18(21)22/h1-7,19H,8H2. The number of imidazole rings is 1. The minimum Gasteiger partial charge on any atom is -0.392 e. The lowest BCUT2D eigenvalue weighted by Gasteiger charge is -1.99. The molecule has 0 fully saturated rings. The van der Waals surface area contributed by atoms with Crippen LogP contribution in [0.25, 0.3) is 16.9 Å². The summed E-state index contributed by atoms with van der Waals surface area (Å²) in [5, 5.41) is 22.8. The number of fused-ring (bicyclic) bond motifs is 1. The Morgan fingerprint density at radius 1 is 1.23 bits per heavy atom. The summed E-state index contributed by atoms with van der Waals surface area (Å²) >= 11 is 0. The van der Waals surface area contributed by atoms with E-state index in [4.69, 9.17) is 5.11 Å². The number of hydrogen-bond donors (Lipinski definition) is 1. The molecule has 3 aromatic rings. The summed E-state index contributed by atoms with van der Waals surface area (Å²) < 4.78 is 1.48. The largest absolute Gasteiger partial charge is 0.392 e. The Kier molecular flexibility index (Phi) is 3.36. The molecule has 2 aromatic heterocycles. The van der Waals surface area contributed by atoms with Crippen LogP contribution in [0.2, 0.25) is 0 Å². The molecule has 0 unspecified atom stereocenters. The van der Waals surface area contributed by atoms with E-state index in [-0.39, 0.29) is 18.1 Å². The van der Waals surface area contributed by atoms with Gasteiger partial charge in [-0.3, -0.25) is 14.5 Å². The Hall–Kier alpha value is -3.13. The lowest BCUT2D eigenvalue weighted by atomic mass is 10.1. The second-order valence-corrected chi connectivity index (χ2v) is 4.60. The average molecular weight is 298 g/mol. The minimum absolute atomic E-state index is 0.0457. The molecule has 0 aliphatic rings. The summed E-state index contributed by atoms with van der Waals surface area (Å²) in [6.45, 7) is -0.167. The van der Waals surface area contributed by atoms with Gasteiger partial charge in [0.25, 0.3) is 5.69 Å². The van der Waals surface area contributed by atoms with Gasteiger partial charge in [-0.25, -0.2) is 4.98 Å². The first-order valence-electron chi connectivity index (χ1n) is 6.34. The summed E-state index contributed by atoms with van der Waals surface area (Å²) in [6.07, 6.45) is 1.58. The molecule has 8 heteroatoms. The van der Waals surface area contributed by atoms with Gasteiger partial charge in [0.05, 0.1) is 11.5 Å². The Balaban J connectivity index is 2.17. The Morgan fingerprint density at radius 3 is 2.55 bits per heavy atom. The Morgan fingerprint density at radius 2 is 1.95 bits per heavy atom. The molecule has 110 valence electrons. The molecule has 0 bridgehead atoms. The van der Waals surface area contributed by atoms with Crippen molar-refractivity contribution in [3.63, 3.8) is 0 Å². The fourth-order valence-electron chi connectivity index (χ4n) is 2.19. The van der Waals surface area contributed by atoms with Crippen LogP contribution in [-0.4, -0.2) is 19.4 Å². The van der Waals surface area contributed by atoms with Gasteiger partial charge < -0.3 is 5.11 Å². The van der Waals surface area contributed by atoms with E-state index in [9.17, 15) is 15.0 Å². The third-order valence-corrected chi connectivity index (χ3v) is 3.28. The van der Waals surface area contributed by atoms with Gasteiger partial charge in [0.1, 0.15) is 11.3 Å². The van der Waals surface area contributed by atoms with Gasteiger partial charge in [0.2, 0.25) is 5.82 Å². The van der Waals surface area contributed by atoms with Crippen molar-refractivity contribution in [2.45, 2.75) is 6.61 Å². The van der Waals surface area contributed by atoms with Crippen molar-refractivity contribution in [2.75, 3.05) is 0 Å². The maximum Gasteiger partial charge on any atom is 0.269 e. The maximum atomic E-state index is 11.2. The third-order valence-electron chi connectivity index (χ3n) is 3.28. The summed E-state index contributed by atoms with van der Waals surface area (Å²) in [4.78, 5) is 25.7. The molecular weight excluding hydrogens is 288 g/mol. The van der Waals surface area contributed by atoms with Gasteiger partial charge in [0.15, 0.2) is 0 Å². The fraction of sp³-hybridized carbons (Fsp3) is 0.0714. The van der Waals surface area contributed by atoms with Crippen LogP contribution in [0.4, 0.5) is 11.5 Å². The number of nitro benzene ring substituents is 1. The molecule has 1 aromatic carbocycles. The first-order chi connectivity index (χ1) is 10.6. The van der Waals surface area contributed by atoms with E-state index < -0.39 is 4.92 Å². The number of benzene rings is 1. The minimum atomic E-state index is -0.500. The van der Waals surface area contributed by atoms with Crippen molar-refractivity contribution < 1.29 is 10.0 Å². The number of aromatic nitrogens is 2. The lowest BCUT2D eigenvalue weighted by molar-refractivity contribution is -0.384. The predicted octanol–water partition coefficient (Wildman–Crippen LogP) is 2.80. The highest BCUT2D eigenvalue weighted by atomic mass is 16.6. The molecule has 1 N–H and O–H groups in total. The van der Waals surface area contributed by atoms with Crippen LogP contribution in [0.3, 0.4) is 0 Å². The molecule has 3 rings (SSSR count). The van der Waals surface area contributed by atoms with Gasteiger partial charge in [-0.2, -0.15) is 0 Å². The van der Waals surface area contributed by atoms with E-state index in [2.05, 4.69) is 10.2 Å². The highest BCUT2D eigenvalue weighted by Crippen LogP contribution is 2.32. The van der Waals surface area contributed by atoms with Crippen molar-refractivity contribution in [1.82, 2.24) is 9.38 Å². The van der Waals surface area contributed by atoms with Crippen LogP contribution >= 0.6 is 0 Å². The van der Waals surface area contributed by atoms with Gasteiger partial charge in [0, 0.05) is 23.9 Å². The number of nitrogens with zero attached hydrogens (tertiary/aromatic N) is 4. The summed E-state index contributed by atoms with van der Waals surface area (Å²) in [5.41, 5.74) is 1.95. The molecule has 0 amide bonds. The average Bonchev–Trinajstić information content (AvgIpc) is 2.92. The zero-order chi connectivity index (χ0) is 15.7. The number of nitroso groups, excluding NO2 is 1. The molecule has 0 aliphatic heterocycles. The van der Waals surface area contributed by atoms with Crippen LogP contribution in [0.5, 0.6) is 0 Å². The molecule has 0 saturated carbocycles. The second kappa shape index (κ2) is 5.34. The van der Waals surface area contributed by atoms with E-state index in [1.165, 1.54) is 28.7 Å². The fourth-order valence-corrected chi connectivity index (χ4v) is 2.19. The summed E-state index contributed by atoms with van der Waals surface area (Å²) in [6, 6.07) is 9.06. The van der Waals surface area contributed by atoms with Crippen LogP contribution in [0, 0.1) is 15.0 Å².